The smallest absolute Gasteiger partial charge is 0.294 e. The molecule has 34 heavy (non-hydrogen) atoms. The first-order valence-electron chi connectivity index (χ1n) is 9.87. The quantitative estimate of drug-likeness (QED) is 0.244. The van der Waals surface area contributed by atoms with Gasteiger partial charge >= 0.3 is 0 Å². The highest BCUT2D eigenvalue weighted by molar-refractivity contribution is 9.10. The molecule has 0 aliphatic carbocycles. The van der Waals surface area contributed by atoms with E-state index in [-0.39, 0.29) is 10.6 Å². The summed E-state index contributed by atoms with van der Waals surface area (Å²) in [6.45, 7) is 1.48. The van der Waals surface area contributed by atoms with E-state index >= 15 is 0 Å². The first-order chi connectivity index (χ1) is 16.2. The summed E-state index contributed by atoms with van der Waals surface area (Å²) in [5.41, 5.74) is 2.06. The Kier molecular flexibility index (Phi) is 6.66. The topological polar surface area (TPSA) is 123 Å². The molecule has 1 N–H and O–H groups in total. The Morgan fingerprint density at radius 2 is 2.00 bits per heavy atom. The second kappa shape index (κ2) is 9.65. The van der Waals surface area contributed by atoms with E-state index in [1.165, 1.54) is 18.2 Å². The number of nitro groups is 1. The average Bonchev–Trinajstić information content (AvgIpc) is 3.34. The Labute approximate surface area is 206 Å². The molecule has 3 amide bonds. The van der Waals surface area contributed by atoms with Gasteiger partial charge in [0.2, 0.25) is 5.91 Å². The molecule has 0 spiro atoms. The monoisotopic (exact) mass is 541 g/mol. The minimum absolute atomic E-state index is 0.0671. The number of non-ortho nitro benzene ring substituents is 1. The number of carbonyl (C=O) groups excluding carboxylic acids is 3. The van der Waals surface area contributed by atoms with E-state index in [1.807, 2.05) is 13.0 Å². The molecular weight excluding hydrogens is 526 g/mol. The molecule has 1 saturated heterocycles. The van der Waals surface area contributed by atoms with Gasteiger partial charge in [-0.1, -0.05) is 12.1 Å². The Morgan fingerprint density at radius 1 is 1.21 bits per heavy atom. The van der Waals surface area contributed by atoms with Gasteiger partial charge < -0.3 is 9.73 Å². The number of imide groups is 1. The van der Waals surface area contributed by atoms with Gasteiger partial charge in [0.05, 0.1) is 9.83 Å². The van der Waals surface area contributed by atoms with Gasteiger partial charge in [-0.3, -0.25) is 29.4 Å². The molecule has 1 aromatic heterocycles. The summed E-state index contributed by atoms with van der Waals surface area (Å²) in [7, 11) is 0. The number of furan rings is 1. The lowest BCUT2D eigenvalue weighted by Crippen LogP contribution is -2.36. The van der Waals surface area contributed by atoms with Crippen molar-refractivity contribution in [3.63, 3.8) is 0 Å². The van der Waals surface area contributed by atoms with Crippen molar-refractivity contribution in [2.75, 3.05) is 11.9 Å². The summed E-state index contributed by atoms with van der Waals surface area (Å²) in [6, 6.07) is 14.7. The molecule has 3 aromatic rings. The van der Waals surface area contributed by atoms with E-state index < -0.39 is 28.5 Å². The highest BCUT2D eigenvalue weighted by Crippen LogP contribution is 2.35. The van der Waals surface area contributed by atoms with Crippen molar-refractivity contribution in [2.24, 2.45) is 0 Å². The predicted molar refractivity (Wildman–Crippen MR) is 131 cm³/mol. The minimum Gasteiger partial charge on any atom is -0.457 e. The summed E-state index contributed by atoms with van der Waals surface area (Å²) in [4.78, 5) is 48.8. The molecule has 0 atom stereocenters. The van der Waals surface area contributed by atoms with Crippen LogP contribution >= 0.6 is 27.7 Å². The zero-order valence-electron chi connectivity index (χ0n) is 17.6. The van der Waals surface area contributed by atoms with Gasteiger partial charge in [-0.05, 0) is 70.5 Å². The summed E-state index contributed by atoms with van der Waals surface area (Å²) in [5, 5.41) is 13.0. The van der Waals surface area contributed by atoms with Crippen LogP contribution in [0.1, 0.15) is 11.3 Å². The van der Waals surface area contributed by atoms with Gasteiger partial charge in [-0.25, -0.2) is 0 Å². The van der Waals surface area contributed by atoms with Gasteiger partial charge in [-0.2, -0.15) is 0 Å². The number of thioether (sulfide) groups is 1. The summed E-state index contributed by atoms with van der Waals surface area (Å²) >= 11 is 4.01. The normalized spacial score (nSPS) is 14.6. The lowest BCUT2D eigenvalue weighted by Gasteiger charge is -2.12. The van der Waals surface area contributed by atoms with Crippen LogP contribution < -0.4 is 5.32 Å². The molecular formula is C23H16BrN3O6S. The molecule has 1 aliphatic heterocycles. The number of carbonyl (C=O) groups is 3. The van der Waals surface area contributed by atoms with Crippen LogP contribution in [0.3, 0.4) is 0 Å². The van der Waals surface area contributed by atoms with Crippen LogP contribution in [-0.2, 0) is 9.59 Å². The molecule has 0 radical (unpaired) electrons. The van der Waals surface area contributed by atoms with E-state index in [4.69, 9.17) is 4.42 Å². The molecule has 2 heterocycles. The fourth-order valence-corrected chi connectivity index (χ4v) is 4.61. The first kappa shape index (κ1) is 23.5. The van der Waals surface area contributed by atoms with Crippen molar-refractivity contribution in [1.82, 2.24) is 4.90 Å². The highest BCUT2D eigenvalue weighted by atomic mass is 79.9. The Morgan fingerprint density at radius 3 is 2.71 bits per heavy atom. The molecule has 172 valence electrons. The second-order valence-electron chi connectivity index (χ2n) is 7.31. The van der Waals surface area contributed by atoms with Gasteiger partial charge in [0.15, 0.2) is 0 Å². The molecule has 2 aromatic carbocycles. The van der Waals surface area contributed by atoms with E-state index in [0.717, 1.165) is 10.5 Å². The Hall–Kier alpha value is -3.70. The fourth-order valence-electron chi connectivity index (χ4n) is 3.23. The summed E-state index contributed by atoms with van der Waals surface area (Å²) in [6.07, 6.45) is 1.42. The lowest BCUT2D eigenvalue weighted by atomic mass is 10.1. The molecule has 4 rings (SSSR count). The number of anilines is 1. The maximum atomic E-state index is 12.7. The fraction of sp³-hybridized carbons (Fsp3) is 0.0870. The van der Waals surface area contributed by atoms with E-state index in [1.54, 1.807) is 36.4 Å². The van der Waals surface area contributed by atoms with E-state index in [9.17, 15) is 24.5 Å². The summed E-state index contributed by atoms with van der Waals surface area (Å²) < 4.78 is 6.23. The number of rotatable bonds is 6. The third kappa shape index (κ3) is 5.10. The van der Waals surface area contributed by atoms with Crippen molar-refractivity contribution in [1.29, 1.82) is 0 Å². The van der Waals surface area contributed by atoms with Crippen LogP contribution in [0.4, 0.5) is 16.2 Å². The molecule has 9 nitrogen and oxygen atoms in total. The number of nitro benzene ring substituents is 1. The standard InChI is InChI=1S/C23H16BrN3O6S/c1-13-3-2-4-14(9-13)25-21(28)12-26-22(29)20(34-23(26)30)11-16-6-8-19(33-16)17-7-5-15(27(31)32)10-18(17)24/h2-11H,12H2,1H3,(H,25,28)/b20-11+. The number of aryl methyl sites for hydroxylation is 1. The van der Waals surface area contributed by atoms with Crippen molar-refractivity contribution in [3.8, 4) is 11.3 Å². The van der Waals surface area contributed by atoms with E-state index in [0.29, 0.717) is 39.0 Å². The number of benzene rings is 2. The third-order valence-electron chi connectivity index (χ3n) is 4.81. The van der Waals surface area contributed by atoms with Crippen molar-refractivity contribution in [2.45, 2.75) is 6.92 Å². The molecule has 0 saturated carbocycles. The van der Waals surface area contributed by atoms with E-state index in [2.05, 4.69) is 21.2 Å². The van der Waals surface area contributed by atoms with Gasteiger partial charge in [0.25, 0.3) is 16.8 Å². The molecule has 0 unspecified atom stereocenters. The lowest BCUT2D eigenvalue weighted by molar-refractivity contribution is -0.384. The van der Waals surface area contributed by atoms with Crippen LogP contribution in [0, 0.1) is 17.0 Å². The molecule has 0 bridgehead atoms. The maximum absolute atomic E-state index is 12.7. The molecule has 1 fully saturated rings. The van der Waals surface area contributed by atoms with Crippen LogP contribution in [-0.4, -0.2) is 33.4 Å². The second-order valence-corrected chi connectivity index (χ2v) is 9.16. The maximum Gasteiger partial charge on any atom is 0.294 e. The van der Waals surface area contributed by atoms with Crippen LogP contribution in [0.2, 0.25) is 0 Å². The zero-order valence-corrected chi connectivity index (χ0v) is 20.0. The SMILES string of the molecule is Cc1cccc(NC(=O)CN2C(=O)S/C(=C/c3ccc(-c4ccc([N+](=O)[O-])cc4Br)o3)C2=O)c1. The minimum atomic E-state index is -0.594. The Bertz CT molecular complexity index is 1370. The number of nitrogens with zero attached hydrogens (tertiary/aromatic N) is 2. The van der Waals surface area contributed by atoms with Crippen LogP contribution in [0.5, 0.6) is 0 Å². The van der Waals surface area contributed by atoms with Gasteiger partial charge in [-0.15, -0.1) is 0 Å². The average molecular weight is 542 g/mol. The number of amides is 3. The van der Waals surface area contributed by atoms with Crippen molar-refractivity contribution >= 4 is 62.2 Å². The van der Waals surface area contributed by atoms with Crippen LogP contribution in [0.15, 0.2) is 68.4 Å². The predicted octanol–water partition coefficient (Wildman–Crippen LogP) is 5.60. The number of halogens is 1. The number of hydrogen-bond donors (Lipinski definition) is 1. The first-order valence-corrected chi connectivity index (χ1v) is 11.5. The van der Waals surface area contributed by atoms with Gasteiger partial charge in [0.1, 0.15) is 18.1 Å². The van der Waals surface area contributed by atoms with Crippen molar-refractivity contribution < 1.29 is 23.7 Å². The third-order valence-corrected chi connectivity index (χ3v) is 6.37. The molecule has 1 aliphatic rings. The zero-order chi connectivity index (χ0) is 24.4. The highest BCUT2D eigenvalue weighted by Gasteiger charge is 2.36. The van der Waals surface area contributed by atoms with Crippen molar-refractivity contribution in [3.05, 3.63) is 85.4 Å². The summed E-state index contributed by atoms with van der Waals surface area (Å²) in [5.74, 6) is -0.346. The Balaban J connectivity index is 1.47. The number of nitrogens with one attached hydrogen (secondary N) is 1. The van der Waals surface area contributed by atoms with Crippen LogP contribution in [0.25, 0.3) is 17.4 Å². The molecule has 11 heteroatoms. The largest absolute Gasteiger partial charge is 0.457 e. The number of hydrogen-bond acceptors (Lipinski definition) is 7. The van der Waals surface area contributed by atoms with Gasteiger partial charge in [0, 0.05) is 33.9 Å².